The molecule has 0 spiro atoms. The van der Waals surface area contributed by atoms with Gasteiger partial charge in [0.15, 0.2) is 0 Å². The summed E-state index contributed by atoms with van der Waals surface area (Å²) in [5, 5.41) is 0. The summed E-state index contributed by atoms with van der Waals surface area (Å²) in [7, 11) is 0. The minimum Gasteiger partial charge on any atom is -0.364 e. The summed E-state index contributed by atoms with van der Waals surface area (Å²) in [5.74, 6) is -0.416. The third kappa shape index (κ3) is 2.97. The fraction of sp³-hybridized carbons (Fsp3) is 0.143. The second-order valence-corrected chi connectivity index (χ2v) is 3.90. The average molecular weight is 227 g/mol. The molecule has 1 aromatic heterocycles. The summed E-state index contributed by atoms with van der Waals surface area (Å²) in [6.07, 6.45) is 5.62. The molecule has 87 valence electrons. The van der Waals surface area contributed by atoms with Gasteiger partial charge in [-0.15, -0.1) is 0 Å². The summed E-state index contributed by atoms with van der Waals surface area (Å²) < 4.78 is 0. The number of aromatic nitrogens is 1. The van der Waals surface area contributed by atoms with Gasteiger partial charge in [-0.1, -0.05) is 30.3 Å². The van der Waals surface area contributed by atoms with Gasteiger partial charge in [0.2, 0.25) is 0 Å². The summed E-state index contributed by atoms with van der Waals surface area (Å²) in [5.41, 5.74) is 7.91. The molecule has 1 aromatic carbocycles. The van der Waals surface area contributed by atoms with Gasteiger partial charge in [-0.25, -0.2) is 0 Å². The van der Waals surface area contributed by atoms with Gasteiger partial charge in [0.25, 0.3) is 5.91 Å². The van der Waals surface area contributed by atoms with E-state index in [9.17, 15) is 4.79 Å². The second-order valence-electron chi connectivity index (χ2n) is 3.90. The van der Waals surface area contributed by atoms with Gasteiger partial charge < -0.3 is 10.7 Å². The Balaban J connectivity index is 1.90. The van der Waals surface area contributed by atoms with Crippen molar-refractivity contribution in [2.24, 2.45) is 5.73 Å². The largest absolute Gasteiger partial charge is 0.364 e. The SMILES string of the molecule is NC(=O)c1[nH]ccc1[CH]CCc1ccccc1. The first-order valence-corrected chi connectivity index (χ1v) is 5.61. The van der Waals surface area contributed by atoms with Crippen molar-refractivity contribution in [1.82, 2.24) is 4.98 Å². The topological polar surface area (TPSA) is 58.9 Å². The van der Waals surface area contributed by atoms with E-state index in [4.69, 9.17) is 5.73 Å². The van der Waals surface area contributed by atoms with Crippen molar-refractivity contribution in [2.45, 2.75) is 12.8 Å². The Kier molecular flexibility index (Phi) is 3.60. The van der Waals surface area contributed by atoms with Crippen LogP contribution >= 0.6 is 0 Å². The Morgan fingerprint density at radius 3 is 2.71 bits per heavy atom. The van der Waals surface area contributed by atoms with Crippen LogP contribution in [-0.2, 0) is 6.42 Å². The van der Waals surface area contributed by atoms with E-state index in [1.165, 1.54) is 5.56 Å². The highest BCUT2D eigenvalue weighted by atomic mass is 16.1. The van der Waals surface area contributed by atoms with E-state index in [1.807, 2.05) is 30.7 Å². The Hall–Kier alpha value is -2.03. The molecule has 0 saturated heterocycles. The normalized spacial score (nSPS) is 10.4. The van der Waals surface area contributed by atoms with Crippen molar-refractivity contribution in [3.8, 4) is 0 Å². The van der Waals surface area contributed by atoms with Gasteiger partial charge in [-0.2, -0.15) is 0 Å². The monoisotopic (exact) mass is 227 g/mol. The number of nitrogens with two attached hydrogens (primary N) is 1. The van der Waals surface area contributed by atoms with E-state index >= 15 is 0 Å². The van der Waals surface area contributed by atoms with Gasteiger partial charge in [-0.3, -0.25) is 4.79 Å². The van der Waals surface area contributed by atoms with Crippen LogP contribution in [-0.4, -0.2) is 10.9 Å². The molecule has 2 aromatic rings. The van der Waals surface area contributed by atoms with Crippen LogP contribution < -0.4 is 5.73 Å². The highest BCUT2D eigenvalue weighted by molar-refractivity contribution is 5.92. The first-order chi connectivity index (χ1) is 8.27. The quantitative estimate of drug-likeness (QED) is 0.809. The summed E-state index contributed by atoms with van der Waals surface area (Å²) in [6.45, 7) is 0. The first-order valence-electron chi connectivity index (χ1n) is 5.61. The minimum atomic E-state index is -0.416. The van der Waals surface area contributed by atoms with Gasteiger partial charge in [-0.05, 0) is 36.5 Å². The lowest BCUT2D eigenvalue weighted by atomic mass is 10.0. The van der Waals surface area contributed by atoms with E-state index in [0.29, 0.717) is 5.69 Å². The molecule has 0 bridgehead atoms. The molecular formula is C14H15N2O. The van der Waals surface area contributed by atoms with E-state index in [0.717, 1.165) is 18.4 Å². The van der Waals surface area contributed by atoms with Crippen molar-refractivity contribution in [3.05, 3.63) is 65.8 Å². The fourth-order valence-electron chi connectivity index (χ4n) is 1.80. The molecule has 1 amide bonds. The maximum Gasteiger partial charge on any atom is 0.265 e. The molecule has 2 rings (SSSR count). The highest BCUT2D eigenvalue weighted by Gasteiger charge is 2.08. The van der Waals surface area contributed by atoms with E-state index in [1.54, 1.807) is 6.20 Å². The molecule has 0 unspecified atom stereocenters. The fourth-order valence-corrected chi connectivity index (χ4v) is 1.80. The molecule has 0 fully saturated rings. The van der Waals surface area contributed by atoms with Crippen LogP contribution in [0.3, 0.4) is 0 Å². The van der Waals surface area contributed by atoms with Crippen molar-refractivity contribution < 1.29 is 4.79 Å². The maximum absolute atomic E-state index is 11.1. The van der Waals surface area contributed by atoms with E-state index < -0.39 is 5.91 Å². The molecule has 0 aliphatic carbocycles. The number of nitrogens with one attached hydrogen (secondary N) is 1. The minimum absolute atomic E-state index is 0.416. The Bertz CT molecular complexity index is 488. The second kappa shape index (κ2) is 5.34. The van der Waals surface area contributed by atoms with Crippen LogP contribution in [0.25, 0.3) is 0 Å². The maximum atomic E-state index is 11.1. The number of aryl methyl sites for hydroxylation is 1. The zero-order chi connectivity index (χ0) is 12.1. The average Bonchev–Trinajstić information content (AvgIpc) is 2.79. The summed E-state index contributed by atoms with van der Waals surface area (Å²) in [4.78, 5) is 13.9. The van der Waals surface area contributed by atoms with Crippen molar-refractivity contribution in [3.63, 3.8) is 0 Å². The first kappa shape index (κ1) is 11.5. The molecule has 3 nitrogen and oxygen atoms in total. The molecule has 3 heteroatoms. The van der Waals surface area contributed by atoms with Gasteiger partial charge >= 0.3 is 0 Å². The molecule has 3 N–H and O–H groups in total. The summed E-state index contributed by atoms with van der Waals surface area (Å²) in [6, 6.07) is 12.1. The van der Waals surface area contributed by atoms with Gasteiger partial charge in [0.05, 0.1) is 0 Å². The Morgan fingerprint density at radius 2 is 2.00 bits per heavy atom. The molecule has 1 heterocycles. The number of aromatic amines is 1. The third-order valence-electron chi connectivity index (χ3n) is 2.67. The smallest absolute Gasteiger partial charge is 0.265 e. The zero-order valence-corrected chi connectivity index (χ0v) is 9.52. The van der Waals surface area contributed by atoms with Crippen LogP contribution in [0.5, 0.6) is 0 Å². The number of carbonyl (C=O) groups excluding carboxylic acids is 1. The highest BCUT2D eigenvalue weighted by Crippen LogP contribution is 2.13. The Labute approximate surface area is 101 Å². The number of hydrogen-bond acceptors (Lipinski definition) is 1. The molecule has 1 radical (unpaired) electrons. The van der Waals surface area contributed by atoms with Crippen LogP contribution in [0.15, 0.2) is 42.6 Å². The number of H-pyrrole nitrogens is 1. The molecule has 0 aliphatic rings. The number of hydrogen-bond donors (Lipinski definition) is 2. The third-order valence-corrected chi connectivity index (χ3v) is 2.67. The summed E-state index contributed by atoms with van der Waals surface area (Å²) >= 11 is 0. The van der Waals surface area contributed by atoms with Crippen LogP contribution in [0.4, 0.5) is 0 Å². The van der Waals surface area contributed by atoms with Gasteiger partial charge in [0, 0.05) is 6.20 Å². The van der Waals surface area contributed by atoms with E-state index in [-0.39, 0.29) is 0 Å². The molecule has 0 saturated carbocycles. The van der Waals surface area contributed by atoms with Crippen LogP contribution in [0, 0.1) is 6.42 Å². The molecule has 0 atom stereocenters. The predicted octanol–water partition coefficient (Wildman–Crippen LogP) is 2.30. The standard InChI is InChI=1S/C14H15N2O/c15-14(17)13-12(9-10-16-13)8-4-7-11-5-2-1-3-6-11/h1-3,5-6,8-10,16H,4,7H2,(H2,15,17). The predicted molar refractivity (Wildman–Crippen MR) is 67.5 cm³/mol. The lowest BCUT2D eigenvalue weighted by molar-refractivity contribution is 0.0995. The zero-order valence-electron chi connectivity index (χ0n) is 9.52. The van der Waals surface area contributed by atoms with Crippen molar-refractivity contribution >= 4 is 5.91 Å². The number of carbonyl (C=O) groups is 1. The Morgan fingerprint density at radius 1 is 1.24 bits per heavy atom. The number of primary amides is 1. The molecule has 0 aliphatic heterocycles. The van der Waals surface area contributed by atoms with Crippen molar-refractivity contribution in [1.29, 1.82) is 0 Å². The molecule has 17 heavy (non-hydrogen) atoms. The lowest BCUT2D eigenvalue weighted by Crippen LogP contribution is -2.13. The number of amides is 1. The van der Waals surface area contributed by atoms with Crippen LogP contribution in [0.1, 0.15) is 28.0 Å². The van der Waals surface area contributed by atoms with Gasteiger partial charge in [0.1, 0.15) is 5.69 Å². The molecular weight excluding hydrogens is 212 g/mol. The van der Waals surface area contributed by atoms with Crippen LogP contribution in [0.2, 0.25) is 0 Å². The number of rotatable bonds is 5. The van der Waals surface area contributed by atoms with E-state index in [2.05, 4.69) is 17.1 Å². The van der Waals surface area contributed by atoms with Crippen molar-refractivity contribution in [2.75, 3.05) is 0 Å². The lowest BCUT2D eigenvalue weighted by Gasteiger charge is -2.01. The number of benzene rings is 1.